The molecule has 1 saturated heterocycles. The molecule has 1 aromatic carbocycles. The summed E-state index contributed by atoms with van der Waals surface area (Å²) in [6.07, 6.45) is 4.28. The molecule has 0 N–H and O–H groups in total. The number of carbonyl (C=O) groups excluding carboxylic acids is 1. The Balaban J connectivity index is 1.51. The van der Waals surface area contributed by atoms with Gasteiger partial charge in [-0.15, -0.1) is 0 Å². The number of ether oxygens (including phenoxy) is 1. The molecule has 28 heavy (non-hydrogen) atoms. The van der Waals surface area contributed by atoms with Gasteiger partial charge in [-0.25, -0.2) is 4.68 Å². The number of aromatic nitrogens is 3. The molecular formula is C21H28N4O2S. The largest absolute Gasteiger partial charge is 0.466 e. The highest BCUT2D eigenvalue weighted by Gasteiger charge is 2.31. The van der Waals surface area contributed by atoms with Crippen molar-refractivity contribution in [2.24, 2.45) is 5.92 Å². The first-order valence-corrected chi connectivity index (χ1v) is 10.7. The van der Waals surface area contributed by atoms with E-state index >= 15 is 0 Å². The van der Waals surface area contributed by atoms with Gasteiger partial charge in [-0.05, 0) is 56.9 Å². The van der Waals surface area contributed by atoms with Gasteiger partial charge in [0.1, 0.15) is 5.82 Å². The van der Waals surface area contributed by atoms with Crippen LogP contribution in [0.2, 0.25) is 0 Å². The van der Waals surface area contributed by atoms with Crippen LogP contribution in [0, 0.1) is 10.7 Å². The zero-order chi connectivity index (χ0) is 19.5. The van der Waals surface area contributed by atoms with Crippen LogP contribution in [-0.4, -0.2) is 44.9 Å². The van der Waals surface area contributed by atoms with Crippen molar-refractivity contribution in [3.63, 3.8) is 0 Å². The summed E-state index contributed by atoms with van der Waals surface area (Å²) in [7, 11) is 0. The van der Waals surface area contributed by atoms with Gasteiger partial charge in [-0.3, -0.25) is 14.3 Å². The molecule has 2 heterocycles. The molecule has 1 saturated carbocycles. The average Bonchev–Trinajstić information content (AvgIpc) is 3.51. The third-order valence-corrected chi connectivity index (χ3v) is 5.97. The lowest BCUT2D eigenvalue weighted by atomic mass is 9.99. The van der Waals surface area contributed by atoms with E-state index in [1.807, 2.05) is 17.7 Å². The highest BCUT2D eigenvalue weighted by molar-refractivity contribution is 7.71. The first kappa shape index (κ1) is 19.3. The van der Waals surface area contributed by atoms with Crippen LogP contribution in [0.15, 0.2) is 30.3 Å². The number of benzene rings is 1. The van der Waals surface area contributed by atoms with E-state index in [4.69, 9.17) is 22.1 Å². The van der Waals surface area contributed by atoms with Crippen molar-refractivity contribution in [1.29, 1.82) is 0 Å². The van der Waals surface area contributed by atoms with Crippen molar-refractivity contribution in [3.8, 4) is 0 Å². The quantitative estimate of drug-likeness (QED) is 0.525. The SMILES string of the molecule is CCOC(=O)[C@@H]1CCCN(Cn2nc(C3CC3)n(Cc3ccccc3)c2=S)C1. The van der Waals surface area contributed by atoms with Gasteiger partial charge in [-0.2, -0.15) is 5.10 Å². The molecule has 6 nitrogen and oxygen atoms in total. The van der Waals surface area contributed by atoms with E-state index in [9.17, 15) is 4.79 Å². The predicted molar refractivity (Wildman–Crippen MR) is 110 cm³/mol. The van der Waals surface area contributed by atoms with Crippen LogP contribution in [0.3, 0.4) is 0 Å². The molecule has 1 aliphatic carbocycles. The Labute approximate surface area is 171 Å². The second-order valence-corrected chi connectivity index (χ2v) is 8.16. The van der Waals surface area contributed by atoms with E-state index in [1.165, 1.54) is 18.4 Å². The lowest BCUT2D eigenvalue weighted by Crippen LogP contribution is -2.40. The Hall–Kier alpha value is -1.99. The zero-order valence-corrected chi connectivity index (χ0v) is 17.2. The molecule has 0 radical (unpaired) electrons. The van der Waals surface area contributed by atoms with E-state index in [-0.39, 0.29) is 11.9 Å². The molecule has 1 atom stereocenters. The minimum Gasteiger partial charge on any atom is -0.466 e. The molecule has 1 aromatic heterocycles. The maximum absolute atomic E-state index is 12.1. The van der Waals surface area contributed by atoms with Gasteiger partial charge < -0.3 is 4.74 Å². The first-order valence-electron chi connectivity index (χ1n) is 10.3. The van der Waals surface area contributed by atoms with Crippen LogP contribution in [0.4, 0.5) is 0 Å². The molecular weight excluding hydrogens is 372 g/mol. The number of nitrogens with zero attached hydrogens (tertiary/aromatic N) is 4. The summed E-state index contributed by atoms with van der Waals surface area (Å²) < 4.78 is 10.1. The Morgan fingerprint density at radius 1 is 1.25 bits per heavy atom. The number of rotatable bonds is 7. The van der Waals surface area contributed by atoms with Crippen molar-refractivity contribution in [2.75, 3.05) is 19.7 Å². The molecule has 0 amide bonds. The molecule has 2 aromatic rings. The molecule has 0 spiro atoms. The van der Waals surface area contributed by atoms with Gasteiger partial charge in [0.15, 0.2) is 4.77 Å². The van der Waals surface area contributed by atoms with Gasteiger partial charge in [-0.1, -0.05) is 30.3 Å². The fourth-order valence-electron chi connectivity index (χ4n) is 3.93. The van der Waals surface area contributed by atoms with E-state index in [2.05, 4.69) is 33.7 Å². The number of hydrogen-bond acceptors (Lipinski definition) is 5. The Morgan fingerprint density at radius 3 is 2.75 bits per heavy atom. The van der Waals surface area contributed by atoms with E-state index in [0.29, 0.717) is 25.7 Å². The van der Waals surface area contributed by atoms with E-state index in [1.54, 1.807) is 0 Å². The van der Waals surface area contributed by atoms with Crippen molar-refractivity contribution in [3.05, 3.63) is 46.5 Å². The lowest BCUT2D eigenvalue weighted by Gasteiger charge is -2.31. The van der Waals surface area contributed by atoms with E-state index < -0.39 is 0 Å². The number of carbonyl (C=O) groups is 1. The maximum atomic E-state index is 12.1. The first-order chi connectivity index (χ1) is 13.7. The summed E-state index contributed by atoms with van der Waals surface area (Å²) in [4.78, 5) is 14.4. The number of likely N-dealkylation sites (tertiary alicyclic amines) is 1. The standard InChI is InChI=1S/C21H28N4O2S/c1-2-27-20(26)18-9-6-12-23(14-18)15-25-21(28)24(19(22-25)17-10-11-17)13-16-7-4-3-5-8-16/h3-5,7-8,17-18H,2,6,9-15H2,1H3/t18-/m1/s1. The summed E-state index contributed by atoms with van der Waals surface area (Å²) in [5, 5.41) is 4.89. The third kappa shape index (κ3) is 4.36. The zero-order valence-electron chi connectivity index (χ0n) is 16.4. The van der Waals surface area contributed by atoms with Crippen LogP contribution in [0.25, 0.3) is 0 Å². The number of esters is 1. The van der Waals surface area contributed by atoms with Gasteiger partial charge in [0.2, 0.25) is 0 Å². The number of hydrogen-bond donors (Lipinski definition) is 0. The molecule has 2 aliphatic rings. The smallest absolute Gasteiger partial charge is 0.310 e. The molecule has 2 fully saturated rings. The fraction of sp³-hybridized carbons (Fsp3) is 0.571. The fourth-order valence-corrected chi connectivity index (χ4v) is 4.19. The van der Waals surface area contributed by atoms with Crippen LogP contribution < -0.4 is 0 Å². The average molecular weight is 401 g/mol. The topological polar surface area (TPSA) is 52.3 Å². The second kappa shape index (κ2) is 8.57. The van der Waals surface area contributed by atoms with Crippen LogP contribution >= 0.6 is 12.2 Å². The van der Waals surface area contributed by atoms with Gasteiger partial charge in [0, 0.05) is 12.5 Å². The van der Waals surface area contributed by atoms with Gasteiger partial charge >= 0.3 is 5.97 Å². The Bertz CT molecular complexity index is 872. The highest BCUT2D eigenvalue weighted by Crippen LogP contribution is 2.39. The highest BCUT2D eigenvalue weighted by atomic mass is 32.1. The van der Waals surface area contributed by atoms with Crippen molar-refractivity contribution in [2.45, 2.75) is 51.7 Å². The van der Waals surface area contributed by atoms with E-state index in [0.717, 1.165) is 36.5 Å². The Morgan fingerprint density at radius 2 is 2.04 bits per heavy atom. The van der Waals surface area contributed by atoms with Crippen LogP contribution in [0.5, 0.6) is 0 Å². The normalized spacial score (nSPS) is 20.2. The van der Waals surface area contributed by atoms with Crippen molar-refractivity contribution >= 4 is 18.2 Å². The Kier molecular flexibility index (Phi) is 5.92. The monoisotopic (exact) mass is 400 g/mol. The minimum absolute atomic E-state index is 0.0443. The van der Waals surface area contributed by atoms with Gasteiger partial charge in [0.05, 0.1) is 25.7 Å². The summed E-state index contributed by atoms with van der Waals surface area (Å²) in [6, 6.07) is 10.4. The summed E-state index contributed by atoms with van der Waals surface area (Å²) in [5.74, 6) is 1.51. The van der Waals surface area contributed by atoms with Gasteiger partial charge in [0.25, 0.3) is 0 Å². The molecule has 1 aliphatic heterocycles. The summed E-state index contributed by atoms with van der Waals surface area (Å²) in [6.45, 7) is 5.37. The third-order valence-electron chi connectivity index (χ3n) is 5.54. The van der Waals surface area contributed by atoms with Crippen LogP contribution in [-0.2, 0) is 22.7 Å². The molecule has 150 valence electrons. The van der Waals surface area contributed by atoms with Crippen molar-refractivity contribution < 1.29 is 9.53 Å². The van der Waals surface area contributed by atoms with Crippen molar-refractivity contribution in [1.82, 2.24) is 19.2 Å². The summed E-state index contributed by atoms with van der Waals surface area (Å²) in [5.41, 5.74) is 1.24. The predicted octanol–water partition coefficient (Wildman–Crippen LogP) is 3.57. The number of piperidine rings is 1. The lowest BCUT2D eigenvalue weighted by molar-refractivity contribution is -0.150. The molecule has 7 heteroatoms. The van der Waals surface area contributed by atoms with Crippen LogP contribution in [0.1, 0.15) is 49.9 Å². The molecule has 4 rings (SSSR count). The summed E-state index contributed by atoms with van der Waals surface area (Å²) >= 11 is 5.80. The minimum atomic E-state index is -0.0796. The molecule has 0 unspecified atom stereocenters. The second-order valence-electron chi connectivity index (χ2n) is 7.80. The molecule has 0 bridgehead atoms. The maximum Gasteiger partial charge on any atom is 0.310 e.